The molecule has 1 aliphatic carbocycles. The summed E-state index contributed by atoms with van der Waals surface area (Å²) >= 11 is 1.61. The number of furan rings is 1. The van der Waals surface area contributed by atoms with Gasteiger partial charge in [-0.05, 0) is 43.5 Å². The van der Waals surface area contributed by atoms with Gasteiger partial charge in [-0.1, -0.05) is 6.07 Å². The van der Waals surface area contributed by atoms with E-state index in [-0.39, 0.29) is 30.9 Å². The molecule has 1 fully saturated rings. The highest BCUT2D eigenvalue weighted by Crippen LogP contribution is 2.35. The van der Waals surface area contributed by atoms with E-state index in [1.54, 1.807) is 34.6 Å². The largest absolute Gasteiger partial charge is 0.463 e. The fourth-order valence-electron chi connectivity index (χ4n) is 3.14. The van der Waals surface area contributed by atoms with Crippen LogP contribution in [0.4, 0.5) is 0 Å². The van der Waals surface area contributed by atoms with Gasteiger partial charge in [0.15, 0.2) is 0 Å². The predicted octanol–water partition coefficient (Wildman–Crippen LogP) is 2.23. The molecule has 0 aromatic carbocycles. The summed E-state index contributed by atoms with van der Waals surface area (Å²) in [4.78, 5) is 27.7. The van der Waals surface area contributed by atoms with E-state index in [2.05, 4.69) is 10.4 Å². The lowest BCUT2D eigenvalue weighted by Crippen LogP contribution is -2.41. The molecule has 4 rings (SSSR count). The normalized spacial score (nSPS) is 19.4. The number of carbonyl (C=O) groups is 2. The number of hydrazone groups is 1. The topological polar surface area (TPSA) is 78.2 Å². The summed E-state index contributed by atoms with van der Waals surface area (Å²) in [6.45, 7) is 0.337. The van der Waals surface area contributed by atoms with Crippen molar-refractivity contribution in [1.82, 2.24) is 15.2 Å². The Hall–Kier alpha value is -2.45. The number of nitrogens with zero attached hydrogens (tertiary/aromatic N) is 3. The molecule has 7 nitrogen and oxygen atoms in total. The second kappa shape index (κ2) is 7.66. The Morgan fingerprint density at radius 1 is 1.33 bits per heavy atom. The highest BCUT2D eigenvalue weighted by atomic mass is 32.1. The zero-order valence-corrected chi connectivity index (χ0v) is 15.9. The quantitative estimate of drug-likeness (QED) is 0.792. The van der Waals surface area contributed by atoms with Crippen molar-refractivity contribution in [2.75, 3.05) is 20.1 Å². The van der Waals surface area contributed by atoms with Gasteiger partial charge in [-0.3, -0.25) is 14.5 Å². The van der Waals surface area contributed by atoms with Crippen molar-refractivity contribution in [3.8, 4) is 0 Å². The Morgan fingerprint density at radius 3 is 2.85 bits per heavy atom. The van der Waals surface area contributed by atoms with E-state index in [1.165, 1.54) is 0 Å². The smallest absolute Gasteiger partial charge is 0.257 e. The fourth-order valence-corrected chi connectivity index (χ4v) is 3.95. The van der Waals surface area contributed by atoms with E-state index in [0.29, 0.717) is 18.2 Å². The van der Waals surface area contributed by atoms with Gasteiger partial charge < -0.3 is 9.73 Å². The van der Waals surface area contributed by atoms with Gasteiger partial charge in [0.1, 0.15) is 11.5 Å². The third-order valence-corrected chi connectivity index (χ3v) is 5.58. The van der Waals surface area contributed by atoms with E-state index in [4.69, 9.17) is 4.42 Å². The number of hydrogen-bond acceptors (Lipinski definition) is 6. The summed E-state index contributed by atoms with van der Waals surface area (Å²) in [5.74, 6) is 0.518. The van der Waals surface area contributed by atoms with E-state index >= 15 is 0 Å². The predicted molar refractivity (Wildman–Crippen MR) is 102 cm³/mol. The number of likely N-dealkylation sites (N-methyl/N-ethyl adjacent to an activating group) is 1. The minimum atomic E-state index is -0.133. The van der Waals surface area contributed by atoms with Crippen LogP contribution in [-0.4, -0.2) is 53.6 Å². The van der Waals surface area contributed by atoms with Crippen LogP contribution >= 0.6 is 11.3 Å². The first-order chi connectivity index (χ1) is 13.1. The number of carbonyl (C=O) groups excluding carboxylic acids is 2. The van der Waals surface area contributed by atoms with Crippen LogP contribution in [0.2, 0.25) is 0 Å². The van der Waals surface area contributed by atoms with Crippen molar-refractivity contribution in [3.05, 3.63) is 46.5 Å². The minimum absolute atomic E-state index is 0.0381. The molecule has 0 bridgehead atoms. The lowest BCUT2D eigenvalue weighted by molar-refractivity contribution is -0.134. The number of amides is 2. The van der Waals surface area contributed by atoms with Crippen LogP contribution < -0.4 is 5.32 Å². The first kappa shape index (κ1) is 17.9. The Morgan fingerprint density at radius 2 is 2.19 bits per heavy atom. The van der Waals surface area contributed by atoms with Crippen LogP contribution in [0.3, 0.4) is 0 Å². The lowest BCUT2D eigenvalue weighted by Gasteiger charge is -2.23. The van der Waals surface area contributed by atoms with Crippen molar-refractivity contribution in [3.63, 3.8) is 0 Å². The molecule has 2 aromatic heterocycles. The lowest BCUT2D eigenvalue weighted by atomic mass is 10.1. The van der Waals surface area contributed by atoms with Crippen LogP contribution in [-0.2, 0) is 9.59 Å². The van der Waals surface area contributed by atoms with Crippen LogP contribution in [0.15, 0.2) is 45.4 Å². The molecule has 2 amide bonds. The van der Waals surface area contributed by atoms with Crippen LogP contribution in [0.5, 0.6) is 0 Å². The zero-order chi connectivity index (χ0) is 18.8. The van der Waals surface area contributed by atoms with Gasteiger partial charge in [-0.25, -0.2) is 5.01 Å². The minimum Gasteiger partial charge on any atom is -0.463 e. The number of thiophene rings is 1. The summed E-state index contributed by atoms with van der Waals surface area (Å²) in [6.07, 6.45) is 4.32. The van der Waals surface area contributed by atoms with Crippen LogP contribution in [0, 0.1) is 0 Å². The van der Waals surface area contributed by atoms with E-state index in [9.17, 15) is 9.59 Å². The number of hydrogen-bond donors (Lipinski definition) is 1. The number of rotatable bonds is 7. The molecular weight excluding hydrogens is 364 g/mol. The first-order valence-electron chi connectivity index (χ1n) is 9.05. The molecule has 1 aliphatic heterocycles. The molecule has 1 saturated carbocycles. The van der Waals surface area contributed by atoms with Gasteiger partial charge in [0.05, 0.1) is 25.4 Å². The van der Waals surface area contributed by atoms with Crippen molar-refractivity contribution in [1.29, 1.82) is 0 Å². The molecule has 1 atom stereocenters. The van der Waals surface area contributed by atoms with Gasteiger partial charge in [0, 0.05) is 17.3 Å². The van der Waals surface area contributed by atoms with Crippen molar-refractivity contribution in [2.45, 2.75) is 31.3 Å². The molecule has 1 unspecified atom stereocenters. The summed E-state index contributed by atoms with van der Waals surface area (Å²) < 4.78 is 5.46. The molecular formula is C19H22N4O3S. The maximum atomic E-state index is 12.9. The van der Waals surface area contributed by atoms with Gasteiger partial charge in [0.2, 0.25) is 5.91 Å². The zero-order valence-electron chi connectivity index (χ0n) is 15.1. The standard InChI is InChI=1S/C19H22N4O3S/c1-22(11-18(24)20-13-6-7-13)12-19(25)23-15(17-5-3-9-27-17)10-14(21-23)16-4-2-8-26-16/h2-5,8-9,13,15H,6-7,10-12H2,1H3,(H,20,24). The second-order valence-corrected chi connectivity index (χ2v) is 7.99. The highest BCUT2D eigenvalue weighted by molar-refractivity contribution is 7.10. The second-order valence-electron chi connectivity index (χ2n) is 7.01. The molecule has 0 saturated heterocycles. The Balaban J connectivity index is 1.44. The number of nitrogens with one attached hydrogen (secondary N) is 1. The molecule has 0 radical (unpaired) electrons. The molecule has 142 valence electrons. The Bertz CT molecular complexity index is 827. The Labute approximate surface area is 161 Å². The van der Waals surface area contributed by atoms with Crippen molar-refractivity contribution in [2.24, 2.45) is 5.10 Å². The van der Waals surface area contributed by atoms with Gasteiger partial charge >= 0.3 is 0 Å². The van der Waals surface area contributed by atoms with E-state index in [1.807, 2.05) is 29.6 Å². The molecule has 27 heavy (non-hydrogen) atoms. The summed E-state index contributed by atoms with van der Waals surface area (Å²) in [5.41, 5.74) is 0.765. The molecule has 3 heterocycles. The fraction of sp³-hybridized carbons (Fsp3) is 0.421. The molecule has 2 aliphatic rings. The van der Waals surface area contributed by atoms with Crippen LogP contribution in [0.1, 0.15) is 35.9 Å². The summed E-state index contributed by atoms with van der Waals surface area (Å²) in [6, 6.07) is 7.85. The molecule has 8 heteroatoms. The molecule has 1 N–H and O–H groups in total. The average Bonchev–Trinajstić information content (AvgIpc) is 3.11. The van der Waals surface area contributed by atoms with E-state index < -0.39 is 0 Å². The highest BCUT2D eigenvalue weighted by Gasteiger charge is 2.35. The summed E-state index contributed by atoms with van der Waals surface area (Å²) in [5, 5.41) is 11.0. The maximum Gasteiger partial charge on any atom is 0.257 e. The average molecular weight is 386 g/mol. The third kappa shape index (κ3) is 4.28. The monoisotopic (exact) mass is 386 g/mol. The molecule has 2 aromatic rings. The maximum absolute atomic E-state index is 12.9. The van der Waals surface area contributed by atoms with Gasteiger partial charge in [0.25, 0.3) is 5.91 Å². The van der Waals surface area contributed by atoms with Crippen molar-refractivity contribution < 1.29 is 14.0 Å². The third-order valence-electron chi connectivity index (χ3n) is 4.60. The van der Waals surface area contributed by atoms with Crippen molar-refractivity contribution >= 4 is 28.9 Å². The van der Waals surface area contributed by atoms with Crippen LogP contribution in [0.25, 0.3) is 0 Å². The van der Waals surface area contributed by atoms with Gasteiger partial charge in [-0.15, -0.1) is 11.3 Å². The van der Waals surface area contributed by atoms with Gasteiger partial charge in [-0.2, -0.15) is 5.10 Å². The van der Waals surface area contributed by atoms with E-state index in [0.717, 1.165) is 23.4 Å². The Kier molecular flexibility index (Phi) is 5.09. The SMILES string of the molecule is CN(CC(=O)NC1CC1)CC(=O)N1N=C(c2ccco2)CC1c1cccs1. The summed E-state index contributed by atoms with van der Waals surface area (Å²) in [7, 11) is 1.78. The molecule has 0 spiro atoms. The first-order valence-corrected chi connectivity index (χ1v) is 9.93.